The molecule has 0 aliphatic rings. The first-order valence-corrected chi connectivity index (χ1v) is 9.45. The minimum Gasteiger partial charge on any atom is -0.493 e. The highest BCUT2D eigenvalue weighted by Gasteiger charge is 2.16. The Bertz CT molecular complexity index is 1070. The lowest BCUT2D eigenvalue weighted by atomic mass is 10.2. The van der Waals surface area contributed by atoms with Gasteiger partial charge in [-0.1, -0.05) is 17.8 Å². The van der Waals surface area contributed by atoms with Crippen LogP contribution in [-0.2, 0) is 5.75 Å². The smallest absolute Gasteiger partial charge is 0.277 e. The fraction of sp³-hybridized carbons (Fsp3) is 0.158. The normalized spacial score (nSPS) is 10.4. The van der Waals surface area contributed by atoms with Crippen molar-refractivity contribution in [1.29, 1.82) is 0 Å². The third-order valence-electron chi connectivity index (χ3n) is 3.91. The van der Waals surface area contributed by atoms with Crippen LogP contribution in [0.5, 0.6) is 11.5 Å². The van der Waals surface area contributed by atoms with E-state index in [1.807, 2.05) is 12.1 Å². The molecule has 0 aliphatic heterocycles. The quantitative estimate of drug-likeness (QED) is 0.397. The van der Waals surface area contributed by atoms with Gasteiger partial charge in [0.05, 0.1) is 14.2 Å². The minimum absolute atomic E-state index is 0.0729. The molecule has 2 aromatic heterocycles. The summed E-state index contributed by atoms with van der Waals surface area (Å²) >= 11 is 1.31. The molecule has 0 unspecified atom stereocenters. The van der Waals surface area contributed by atoms with Gasteiger partial charge < -0.3 is 20.5 Å². The molecule has 150 valence electrons. The number of aromatic amines is 1. The van der Waals surface area contributed by atoms with Crippen molar-refractivity contribution in [2.75, 3.05) is 25.3 Å². The Morgan fingerprint density at radius 3 is 2.69 bits per heavy atom. The molecular weight excluding hydrogens is 394 g/mol. The van der Waals surface area contributed by atoms with Crippen LogP contribution < -0.4 is 26.1 Å². The fourth-order valence-electron chi connectivity index (χ4n) is 2.46. The van der Waals surface area contributed by atoms with Crippen LogP contribution in [0.25, 0.3) is 0 Å². The summed E-state index contributed by atoms with van der Waals surface area (Å²) in [6, 6.07) is 8.39. The molecule has 10 heteroatoms. The van der Waals surface area contributed by atoms with Crippen LogP contribution in [0.2, 0.25) is 0 Å². The number of nitrogens with one attached hydrogen (secondary N) is 2. The number of pyridine rings is 1. The van der Waals surface area contributed by atoms with Crippen molar-refractivity contribution in [2.24, 2.45) is 0 Å². The number of methoxy groups -OCH3 is 2. The highest BCUT2D eigenvalue weighted by Crippen LogP contribution is 2.28. The summed E-state index contributed by atoms with van der Waals surface area (Å²) in [6.07, 6.45) is 3.41. The first-order chi connectivity index (χ1) is 14.0. The van der Waals surface area contributed by atoms with Crippen molar-refractivity contribution in [1.82, 2.24) is 15.0 Å². The van der Waals surface area contributed by atoms with Crippen molar-refractivity contribution in [2.45, 2.75) is 10.9 Å². The molecule has 9 nitrogen and oxygen atoms in total. The summed E-state index contributed by atoms with van der Waals surface area (Å²) in [5, 5.41) is 2.85. The van der Waals surface area contributed by atoms with Crippen LogP contribution in [0, 0.1) is 0 Å². The number of carbonyl (C=O) groups excluding carboxylic acids is 1. The standard InChI is InChI=1S/C19H19N5O4S/c1-27-13-6-5-12(8-14(13)28-2)17(25)22-15-16(20)23-19(24-18(15)26)29-10-11-4-3-7-21-9-11/h3-9H,10H2,1-2H3,(H,22,25)(H3,20,23,24,26). The summed E-state index contributed by atoms with van der Waals surface area (Å²) in [5.41, 5.74) is 6.50. The van der Waals surface area contributed by atoms with E-state index in [2.05, 4.69) is 20.3 Å². The minimum atomic E-state index is -0.542. The molecule has 0 fully saturated rings. The molecule has 0 saturated carbocycles. The number of ether oxygens (including phenoxy) is 2. The van der Waals surface area contributed by atoms with E-state index in [1.165, 1.54) is 32.0 Å². The SMILES string of the molecule is COc1ccc(C(=O)Nc2c(N)nc(SCc3cccnc3)[nH]c2=O)cc1OC. The number of amides is 1. The Morgan fingerprint density at radius 2 is 2.03 bits per heavy atom. The Kier molecular flexibility index (Phi) is 6.35. The van der Waals surface area contributed by atoms with Crippen molar-refractivity contribution < 1.29 is 14.3 Å². The molecule has 4 N–H and O–H groups in total. The molecule has 0 radical (unpaired) electrons. The van der Waals surface area contributed by atoms with E-state index in [0.29, 0.717) is 22.4 Å². The topological polar surface area (TPSA) is 132 Å². The molecule has 29 heavy (non-hydrogen) atoms. The van der Waals surface area contributed by atoms with Crippen molar-refractivity contribution in [3.05, 3.63) is 64.2 Å². The molecule has 0 saturated heterocycles. The number of anilines is 2. The lowest BCUT2D eigenvalue weighted by molar-refractivity contribution is 0.102. The highest BCUT2D eigenvalue weighted by molar-refractivity contribution is 7.98. The van der Waals surface area contributed by atoms with Gasteiger partial charge in [-0.25, -0.2) is 4.98 Å². The van der Waals surface area contributed by atoms with Crippen LogP contribution in [0.1, 0.15) is 15.9 Å². The lowest BCUT2D eigenvalue weighted by Gasteiger charge is -2.11. The Hall–Kier alpha value is -3.53. The summed E-state index contributed by atoms with van der Waals surface area (Å²) in [5.74, 6) is 0.838. The zero-order valence-corrected chi connectivity index (χ0v) is 16.6. The maximum atomic E-state index is 12.5. The summed E-state index contributed by atoms with van der Waals surface area (Å²) in [6.45, 7) is 0. The number of nitrogens with two attached hydrogens (primary N) is 1. The lowest BCUT2D eigenvalue weighted by Crippen LogP contribution is -2.23. The summed E-state index contributed by atoms with van der Waals surface area (Å²) < 4.78 is 10.3. The Balaban J connectivity index is 1.75. The molecule has 3 rings (SSSR count). The number of aromatic nitrogens is 3. The number of carbonyl (C=O) groups is 1. The van der Waals surface area contributed by atoms with Crippen molar-refractivity contribution in [3.8, 4) is 11.5 Å². The zero-order chi connectivity index (χ0) is 20.8. The molecule has 1 aromatic carbocycles. The van der Waals surface area contributed by atoms with Gasteiger partial charge in [0, 0.05) is 23.7 Å². The Labute approximate surface area is 170 Å². The second-order valence-corrected chi connectivity index (χ2v) is 6.77. The molecule has 3 aromatic rings. The van der Waals surface area contributed by atoms with Crippen molar-refractivity contribution >= 4 is 29.2 Å². The second kappa shape index (κ2) is 9.11. The van der Waals surface area contributed by atoms with E-state index in [0.717, 1.165) is 5.56 Å². The van der Waals surface area contributed by atoms with E-state index in [4.69, 9.17) is 15.2 Å². The molecular formula is C19H19N5O4S. The summed E-state index contributed by atoms with van der Waals surface area (Å²) in [4.78, 5) is 35.7. The number of rotatable bonds is 7. The molecule has 2 heterocycles. The average molecular weight is 413 g/mol. The van der Waals surface area contributed by atoms with Crippen LogP contribution in [-0.4, -0.2) is 35.1 Å². The first-order valence-electron chi connectivity index (χ1n) is 8.46. The van der Waals surface area contributed by atoms with Gasteiger partial charge in [-0.05, 0) is 29.8 Å². The van der Waals surface area contributed by atoms with E-state index in [1.54, 1.807) is 24.5 Å². The van der Waals surface area contributed by atoms with Gasteiger partial charge in [0.1, 0.15) is 5.69 Å². The van der Waals surface area contributed by atoms with Crippen LogP contribution in [0.3, 0.4) is 0 Å². The maximum Gasteiger partial charge on any atom is 0.277 e. The monoisotopic (exact) mass is 413 g/mol. The fourth-order valence-corrected chi connectivity index (χ4v) is 3.26. The number of benzene rings is 1. The predicted molar refractivity (Wildman–Crippen MR) is 111 cm³/mol. The van der Waals surface area contributed by atoms with Gasteiger partial charge in [-0.2, -0.15) is 0 Å². The van der Waals surface area contributed by atoms with Crippen LogP contribution in [0.15, 0.2) is 52.7 Å². The molecule has 0 bridgehead atoms. The molecule has 0 aliphatic carbocycles. The number of nitrogen functional groups attached to an aromatic ring is 1. The number of H-pyrrole nitrogens is 1. The van der Waals surface area contributed by atoms with Gasteiger partial charge in [0.2, 0.25) is 0 Å². The molecule has 0 spiro atoms. The number of thioether (sulfide) groups is 1. The second-order valence-electron chi connectivity index (χ2n) is 5.81. The van der Waals surface area contributed by atoms with Gasteiger partial charge in [0.15, 0.2) is 22.5 Å². The van der Waals surface area contributed by atoms with Gasteiger partial charge in [-0.3, -0.25) is 19.6 Å². The van der Waals surface area contributed by atoms with E-state index in [9.17, 15) is 9.59 Å². The third kappa shape index (κ3) is 4.85. The van der Waals surface area contributed by atoms with E-state index >= 15 is 0 Å². The maximum absolute atomic E-state index is 12.5. The third-order valence-corrected chi connectivity index (χ3v) is 4.85. The largest absolute Gasteiger partial charge is 0.493 e. The highest BCUT2D eigenvalue weighted by atomic mass is 32.2. The van der Waals surface area contributed by atoms with Crippen LogP contribution >= 0.6 is 11.8 Å². The number of hydrogen-bond donors (Lipinski definition) is 3. The average Bonchev–Trinajstić information content (AvgIpc) is 2.74. The summed E-state index contributed by atoms with van der Waals surface area (Å²) in [7, 11) is 2.96. The van der Waals surface area contributed by atoms with Gasteiger partial charge >= 0.3 is 0 Å². The predicted octanol–water partition coefficient (Wildman–Crippen LogP) is 2.31. The molecule has 0 atom stereocenters. The van der Waals surface area contributed by atoms with Crippen molar-refractivity contribution in [3.63, 3.8) is 0 Å². The van der Waals surface area contributed by atoms with Gasteiger partial charge in [0.25, 0.3) is 11.5 Å². The zero-order valence-electron chi connectivity index (χ0n) is 15.8. The van der Waals surface area contributed by atoms with E-state index < -0.39 is 11.5 Å². The number of hydrogen-bond acceptors (Lipinski definition) is 8. The number of nitrogens with zero attached hydrogens (tertiary/aromatic N) is 2. The Morgan fingerprint density at radius 1 is 1.24 bits per heavy atom. The van der Waals surface area contributed by atoms with Crippen LogP contribution in [0.4, 0.5) is 11.5 Å². The molecule has 1 amide bonds. The van der Waals surface area contributed by atoms with E-state index in [-0.39, 0.29) is 17.1 Å². The van der Waals surface area contributed by atoms with Gasteiger partial charge in [-0.15, -0.1) is 0 Å². The first kappa shape index (κ1) is 20.2.